The van der Waals surface area contributed by atoms with E-state index in [9.17, 15) is 19.3 Å². The van der Waals surface area contributed by atoms with Gasteiger partial charge in [-0.1, -0.05) is 25.0 Å². The van der Waals surface area contributed by atoms with Crippen LogP contribution in [0.1, 0.15) is 37.7 Å². The van der Waals surface area contributed by atoms with Gasteiger partial charge in [0.05, 0.1) is 4.92 Å². The maximum absolute atomic E-state index is 13.8. The van der Waals surface area contributed by atoms with Crippen LogP contribution in [0, 0.1) is 21.8 Å². The predicted octanol–water partition coefficient (Wildman–Crippen LogP) is 3.43. The Hall–Kier alpha value is -1.78. The average molecular weight is 265 g/mol. The molecular weight excluding hydrogens is 249 g/mol. The number of carbonyl (C=O) groups excluding carboxylic acids is 1. The topological polar surface area (TPSA) is 60.2 Å². The number of nitrogens with zero attached hydrogens (tertiary/aromatic N) is 1. The molecule has 0 aliphatic heterocycles. The molecule has 102 valence electrons. The van der Waals surface area contributed by atoms with E-state index in [4.69, 9.17) is 0 Å². The lowest BCUT2D eigenvalue weighted by molar-refractivity contribution is -0.387. The van der Waals surface area contributed by atoms with E-state index in [2.05, 4.69) is 0 Å². The van der Waals surface area contributed by atoms with Crippen LogP contribution >= 0.6 is 0 Å². The van der Waals surface area contributed by atoms with Crippen LogP contribution in [0.25, 0.3) is 0 Å². The van der Waals surface area contributed by atoms with Gasteiger partial charge in [-0.15, -0.1) is 0 Å². The highest BCUT2D eigenvalue weighted by Crippen LogP contribution is 2.27. The third-order valence-corrected chi connectivity index (χ3v) is 3.71. The first kappa shape index (κ1) is 13.6. The molecule has 0 bridgehead atoms. The molecule has 0 N–H and O–H groups in total. The molecule has 0 aromatic heterocycles. The summed E-state index contributed by atoms with van der Waals surface area (Å²) in [4.78, 5) is 21.8. The molecule has 0 spiro atoms. The fraction of sp³-hybridized carbons (Fsp3) is 0.500. The zero-order valence-electron chi connectivity index (χ0n) is 10.6. The number of hydrogen-bond donors (Lipinski definition) is 0. The molecule has 1 aliphatic carbocycles. The van der Waals surface area contributed by atoms with Gasteiger partial charge in [-0.2, -0.15) is 4.39 Å². The SMILES string of the molecule is O=C(CCc1cccc([N+](=O)[O-])c1F)C1CCCC1. The first-order valence-corrected chi connectivity index (χ1v) is 6.54. The summed E-state index contributed by atoms with van der Waals surface area (Å²) in [5.41, 5.74) is -0.272. The number of nitro groups is 1. The van der Waals surface area contributed by atoms with Crippen LogP contribution in [0.3, 0.4) is 0 Å². The van der Waals surface area contributed by atoms with Crippen molar-refractivity contribution in [2.75, 3.05) is 0 Å². The van der Waals surface area contributed by atoms with E-state index in [1.54, 1.807) is 0 Å². The van der Waals surface area contributed by atoms with Gasteiger partial charge in [-0.05, 0) is 24.8 Å². The van der Waals surface area contributed by atoms with E-state index in [0.29, 0.717) is 0 Å². The van der Waals surface area contributed by atoms with E-state index in [1.165, 1.54) is 12.1 Å². The number of nitro benzene ring substituents is 1. The number of halogens is 1. The second-order valence-electron chi connectivity index (χ2n) is 4.96. The summed E-state index contributed by atoms with van der Waals surface area (Å²) in [6, 6.07) is 4.10. The summed E-state index contributed by atoms with van der Waals surface area (Å²) in [6.07, 6.45) is 4.53. The molecule has 19 heavy (non-hydrogen) atoms. The van der Waals surface area contributed by atoms with Crippen molar-refractivity contribution in [1.82, 2.24) is 0 Å². The number of Topliss-reactive ketones (excluding diaryl/α,β-unsaturated/α-hetero) is 1. The molecule has 1 aromatic carbocycles. The summed E-state index contributed by atoms with van der Waals surface area (Å²) in [6.45, 7) is 0. The zero-order chi connectivity index (χ0) is 13.8. The van der Waals surface area contributed by atoms with Crippen molar-refractivity contribution >= 4 is 11.5 Å². The van der Waals surface area contributed by atoms with Crippen LogP contribution in [-0.4, -0.2) is 10.7 Å². The van der Waals surface area contributed by atoms with Crippen LogP contribution in [0.5, 0.6) is 0 Å². The normalized spacial score (nSPS) is 15.6. The molecule has 2 rings (SSSR count). The number of aryl methyl sites for hydroxylation is 1. The van der Waals surface area contributed by atoms with Gasteiger partial charge in [0, 0.05) is 18.4 Å². The van der Waals surface area contributed by atoms with Crippen LogP contribution in [0.4, 0.5) is 10.1 Å². The second-order valence-corrected chi connectivity index (χ2v) is 4.96. The van der Waals surface area contributed by atoms with Crippen LogP contribution in [0.2, 0.25) is 0 Å². The molecule has 1 aliphatic rings. The maximum Gasteiger partial charge on any atom is 0.305 e. The van der Waals surface area contributed by atoms with Crippen molar-refractivity contribution in [2.24, 2.45) is 5.92 Å². The number of carbonyl (C=O) groups is 1. The summed E-state index contributed by atoms with van der Waals surface area (Å²) in [5.74, 6) is -0.545. The minimum atomic E-state index is -0.813. The van der Waals surface area contributed by atoms with Gasteiger partial charge in [-0.25, -0.2) is 0 Å². The minimum Gasteiger partial charge on any atom is -0.299 e. The Morgan fingerprint density at radius 1 is 1.37 bits per heavy atom. The Kier molecular flexibility index (Phi) is 4.24. The molecule has 0 unspecified atom stereocenters. The van der Waals surface area contributed by atoms with Crippen molar-refractivity contribution in [1.29, 1.82) is 0 Å². The number of ketones is 1. The molecule has 1 saturated carbocycles. The lowest BCUT2D eigenvalue weighted by Gasteiger charge is -2.08. The Balaban J connectivity index is 2.01. The largest absolute Gasteiger partial charge is 0.305 e. The van der Waals surface area contributed by atoms with Gasteiger partial charge in [0.15, 0.2) is 0 Å². The maximum atomic E-state index is 13.8. The summed E-state index contributed by atoms with van der Waals surface area (Å²) in [7, 11) is 0. The molecular formula is C14H16FNO3. The summed E-state index contributed by atoms with van der Waals surface area (Å²) >= 11 is 0. The average Bonchev–Trinajstić information content (AvgIpc) is 2.90. The van der Waals surface area contributed by atoms with Gasteiger partial charge in [-0.3, -0.25) is 14.9 Å². The van der Waals surface area contributed by atoms with Gasteiger partial charge in [0.1, 0.15) is 5.78 Å². The van der Waals surface area contributed by atoms with Gasteiger partial charge in [0.2, 0.25) is 5.82 Å². The van der Waals surface area contributed by atoms with E-state index in [1.807, 2.05) is 0 Å². The van der Waals surface area contributed by atoms with Crippen molar-refractivity contribution in [2.45, 2.75) is 38.5 Å². The molecule has 0 radical (unpaired) electrons. The Labute approximate surface area is 110 Å². The number of rotatable bonds is 5. The first-order chi connectivity index (χ1) is 9.09. The minimum absolute atomic E-state index is 0.113. The van der Waals surface area contributed by atoms with Gasteiger partial charge in [0.25, 0.3) is 0 Å². The molecule has 0 amide bonds. The van der Waals surface area contributed by atoms with Gasteiger partial charge >= 0.3 is 5.69 Å². The Morgan fingerprint density at radius 2 is 2.05 bits per heavy atom. The second kappa shape index (κ2) is 5.91. The smallest absolute Gasteiger partial charge is 0.299 e. The van der Waals surface area contributed by atoms with E-state index < -0.39 is 16.4 Å². The molecule has 1 aromatic rings. The molecule has 5 heteroatoms. The Bertz CT molecular complexity index is 495. The molecule has 1 fully saturated rings. The van der Waals surface area contributed by atoms with Crippen LogP contribution < -0.4 is 0 Å². The third-order valence-electron chi connectivity index (χ3n) is 3.71. The standard InChI is InChI=1S/C14H16FNO3/c15-14-11(6-3-7-12(14)16(18)19)8-9-13(17)10-4-1-2-5-10/h3,6-7,10H,1-2,4-5,8-9H2. The number of benzene rings is 1. The quantitative estimate of drug-likeness (QED) is 0.605. The predicted molar refractivity (Wildman–Crippen MR) is 68.3 cm³/mol. The van der Waals surface area contributed by atoms with Crippen molar-refractivity contribution < 1.29 is 14.1 Å². The van der Waals surface area contributed by atoms with Crippen molar-refractivity contribution in [3.05, 3.63) is 39.7 Å². The Morgan fingerprint density at radius 3 is 2.68 bits per heavy atom. The lowest BCUT2D eigenvalue weighted by Crippen LogP contribution is -2.12. The fourth-order valence-electron chi connectivity index (χ4n) is 2.61. The van der Waals surface area contributed by atoms with E-state index in [-0.39, 0.29) is 30.1 Å². The van der Waals surface area contributed by atoms with Gasteiger partial charge < -0.3 is 0 Å². The highest BCUT2D eigenvalue weighted by Gasteiger charge is 2.23. The molecule has 0 saturated heterocycles. The van der Waals surface area contributed by atoms with E-state index >= 15 is 0 Å². The monoisotopic (exact) mass is 265 g/mol. The highest BCUT2D eigenvalue weighted by molar-refractivity contribution is 5.81. The third kappa shape index (κ3) is 3.16. The molecule has 0 atom stereocenters. The first-order valence-electron chi connectivity index (χ1n) is 6.54. The zero-order valence-corrected chi connectivity index (χ0v) is 10.6. The van der Waals surface area contributed by atoms with E-state index in [0.717, 1.165) is 31.7 Å². The summed E-state index contributed by atoms with van der Waals surface area (Å²) in [5, 5.41) is 10.6. The highest BCUT2D eigenvalue weighted by atomic mass is 19.1. The lowest BCUT2D eigenvalue weighted by atomic mass is 9.96. The number of hydrogen-bond acceptors (Lipinski definition) is 3. The molecule has 0 heterocycles. The molecule has 4 nitrogen and oxygen atoms in total. The van der Waals surface area contributed by atoms with Crippen LogP contribution in [0.15, 0.2) is 18.2 Å². The van der Waals surface area contributed by atoms with Crippen molar-refractivity contribution in [3.63, 3.8) is 0 Å². The summed E-state index contributed by atoms with van der Waals surface area (Å²) < 4.78 is 13.8. The van der Waals surface area contributed by atoms with Crippen LogP contribution in [-0.2, 0) is 11.2 Å². The van der Waals surface area contributed by atoms with Crippen molar-refractivity contribution in [3.8, 4) is 0 Å². The fourth-order valence-corrected chi connectivity index (χ4v) is 2.61.